The van der Waals surface area contributed by atoms with E-state index in [1.807, 2.05) is 0 Å². The summed E-state index contributed by atoms with van der Waals surface area (Å²) in [6.07, 6.45) is 4.64. The molecule has 1 aliphatic carbocycles. The second-order valence-corrected chi connectivity index (χ2v) is 4.07. The summed E-state index contributed by atoms with van der Waals surface area (Å²) in [4.78, 5) is 11.2. The molecule has 0 saturated heterocycles. The van der Waals surface area contributed by atoms with Crippen molar-refractivity contribution in [1.82, 2.24) is 10.6 Å². The summed E-state index contributed by atoms with van der Waals surface area (Å²) in [6.45, 7) is 3.03. The lowest BCUT2D eigenvalue weighted by Crippen LogP contribution is -2.30. The highest BCUT2D eigenvalue weighted by atomic mass is 16.5. The van der Waals surface area contributed by atoms with E-state index in [1.165, 1.54) is 19.3 Å². The molecule has 4 heteroatoms. The Kier molecular flexibility index (Phi) is 6.36. The average Bonchev–Trinajstić information content (AvgIpc) is 3.02. The summed E-state index contributed by atoms with van der Waals surface area (Å²) in [6, 6.07) is 0. The van der Waals surface area contributed by atoms with Gasteiger partial charge in [-0.1, -0.05) is 12.8 Å². The normalized spacial score (nSPS) is 15.3. The standard InChI is InChI=1S/C11H22N2O2/c1-15-9-8-13-11(14)5-7-12-6-4-10-2-3-10/h10,12H,2-9H2,1H3,(H,13,14). The lowest BCUT2D eigenvalue weighted by atomic mass is 10.3. The molecular weight excluding hydrogens is 192 g/mol. The monoisotopic (exact) mass is 214 g/mol. The van der Waals surface area contributed by atoms with Crippen molar-refractivity contribution in [3.8, 4) is 0 Å². The van der Waals surface area contributed by atoms with E-state index in [-0.39, 0.29) is 5.91 Å². The Morgan fingerprint density at radius 3 is 2.80 bits per heavy atom. The number of rotatable bonds is 9. The highest BCUT2D eigenvalue weighted by Crippen LogP contribution is 2.31. The van der Waals surface area contributed by atoms with E-state index < -0.39 is 0 Å². The minimum Gasteiger partial charge on any atom is -0.383 e. The Morgan fingerprint density at radius 1 is 1.33 bits per heavy atom. The van der Waals surface area contributed by atoms with Gasteiger partial charge >= 0.3 is 0 Å². The van der Waals surface area contributed by atoms with Crippen LogP contribution in [0.3, 0.4) is 0 Å². The van der Waals surface area contributed by atoms with E-state index in [0.29, 0.717) is 19.6 Å². The van der Waals surface area contributed by atoms with Gasteiger partial charge in [0.1, 0.15) is 0 Å². The third kappa shape index (κ3) is 7.33. The Hall–Kier alpha value is -0.610. The molecule has 0 atom stereocenters. The largest absolute Gasteiger partial charge is 0.383 e. The van der Waals surface area contributed by atoms with Crippen molar-refractivity contribution in [3.63, 3.8) is 0 Å². The van der Waals surface area contributed by atoms with Crippen LogP contribution in [0.4, 0.5) is 0 Å². The average molecular weight is 214 g/mol. The van der Waals surface area contributed by atoms with Gasteiger partial charge in [-0.25, -0.2) is 0 Å². The fourth-order valence-electron chi connectivity index (χ4n) is 1.42. The molecule has 1 aliphatic rings. The Bertz CT molecular complexity index is 181. The van der Waals surface area contributed by atoms with Crippen LogP contribution in [-0.4, -0.2) is 39.3 Å². The lowest BCUT2D eigenvalue weighted by Gasteiger charge is -2.05. The van der Waals surface area contributed by atoms with Crippen molar-refractivity contribution >= 4 is 5.91 Å². The number of hydrogen-bond donors (Lipinski definition) is 2. The highest BCUT2D eigenvalue weighted by molar-refractivity contribution is 5.75. The van der Waals surface area contributed by atoms with Crippen molar-refractivity contribution in [2.75, 3.05) is 33.4 Å². The van der Waals surface area contributed by atoms with E-state index in [2.05, 4.69) is 10.6 Å². The van der Waals surface area contributed by atoms with E-state index in [4.69, 9.17) is 4.74 Å². The summed E-state index contributed by atoms with van der Waals surface area (Å²) in [5.41, 5.74) is 0. The van der Waals surface area contributed by atoms with Gasteiger partial charge in [0.2, 0.25) is 5.91 Å². The predicted molar refractivity (Wildman–Crippen MR) is 59.7 cm³/mol. The van der Waals surface area contributed by atoms with Crippen molar-refractivity contribution in [3.05, 3.63) is 0 Å². The van der Waals surface area contributed by atoms with Gasteiger partial charge in [-0.15, -0.1) is 0 Å². The van der Waals surface area contributed by atoms with Gasteiger partial charge in [0.25, 0.3) is 0 Å². The van der Waals surface area contributed by atoms with Gasteiger partial charge in [-0.2, -0.15) is 0 Å². The first kappa shape index (κ1) is 12.5. The molecule has 0 aliphatic heterocycles. The van der Waals surface area contributed by atoms with Crippen molar-refractivity contribution in [1.29, 1.82) is 0 Å². The molecule has 0 aromatic carbocycles. The molecule has 15 heavy (non-hydrogen) atoms. The molecule has 4 nitrogen and oxygen atoms in total. The van der Waals surface area contributed by atoms with Crippen LogP contribution in [0.25, 0.3) is 0 Å². The molecular formula is C11H22N2O2. The summed E-state index contributed by atoms with van der Waals surface area (Å²) in [7, 11) is 1.63. The number of nitrogens with one attached hydrogen (secondary N) is 2. The van der Waals surface area contributed by atoms with E-state index in [9.17, 15) is 4.79 Å². The Balaban J connectivity index is 1.78. The lowest BCUT2D eigenvalue weighted by molar-refractivity contribution is -0.121. The first-order valence-corrected chi connectivity index (χ1v) is 5.79. The van der Waals surface area contributed by atoms with Gasteiger partial charge in [-0.05, 0) is 18.9 Å². The molecule has 0 bridgehead atoms. The SMILES string of the molecule is COCCNC(=O)CCNCCC1CC1. The van der Waals surface area contributed by atoms with Gasteiger partial charge in [0.05, 0.1) is 6.61 Å². The number of carbonyl (C=O) groups is 1. The second kappa shape index (κ2) is 7.65. The van der Waals surface area contributed by atoms with E-state index in [1.54, 1.807) is 7.11 Å². The first-order valence-electron chi connectivity index (χ1n) is 5.79. The summed E-state index contributed by atoms with van der Waals surface area (Å²) in [5, 5.41) is 6.08. The maximum atomic E-state index is 11.2. The second-order valence-electron chi connectivity index (χ2n) is 4.07. The van der Waals surface area contributed by atoms with Crippen LogP contribution in [-0.2, 0) is 9.53 Å². The number of hydrogen-bond acceptors (Lipinski definition) is 3. The topological polar surface area (TPSA) is 50.4 Å². The van der Waals surface area contributed by atoms with Gasteiger partial charge < -0.3 is 15.4 Å². The fourth-order valence-corrected chi connectivity index (χ4v) is 1.42. The van der Waals surface area contributed by atoms with Gasteiger partial charge in [0.15, 0.2) is 0 Å². The van der Waals surface area contributed by atoms with Crippen LogP contribution in [0.2, 0.25) is 0 Å². The number of methoxy groups -OCH3 is 1. The number of carbonyl (C=O) groups excluding carboxylic acids is 1. The van der Waals surface area contributed by atoms with Crippen molar-refractivity contribution < 1.29 is 9.53 Å². The molecule has 1 fully saturated rings. The minimum atomic E-state index is 0.103. The zero-order valence-electron chi connectivity index (χ0n) is 9.55. The molecule has 1 saturated carbocycles. The van der Waals surface area contributed by atoms with Crippen LogP contribution >= 0.6 is 0 Å². The van der Waals surface area contributed by atoms with Crippen LogP contribution in [0, 0.1) is 5.92 Å². The Morgan fingerprint density at radius 2 is 2.13 bits per heavy atom. The summed E-state index contributed by atoms with van der Waals surface area (Å²) in [5.74, 6) is 1.07. The molecule has 0 spiro atoms. The molecule has 0 aromatic heterocycles. The quantitative estimate of drug-likeness (QED) is 0.550. The van der Waals surface area contributed by atoms with Crippen LogP contribution in [0.5, 0.6) is 0 Å². The predicted octanol–water partition coefficient (Wildman–Crippen LogP) is 0.529. The summed E-state index contributed by atoms with van der Waals surface area (Å²) < 4.78 is 4.84. The van der Waals surface area contributed by atoms with E-state index in [0.717, 1.165) is 19.0 Å². The molecule has 0 unspecified atom stereocenters. The summed E-state index contributed by atoms with van der Waals surface area (Å²) >= 11 is 0. The van der Waals surface area contributed by atoms with Crippen LogP contribution < -0.4 is 10.6 Å². The third-order valence-electron chi connectivity index (χ3n) is 2.58. The molecule has 0 heterocycles. The molecule has 1 rings (SSSR count). The van der Waals surface area contributed by atoms with Gasteiger partial charge in [-0.3, -0.25) is 4.79 Å². The Labute approximate surface area is 91.8 Å². The zero-order chi connectivity index (χ0) is 10.9. The fraction of sp³-hybridized carbons (Fsp3) is 0.909. The highest BCUT2D eigenvalue weighted by Gasteiger charge is 2.19. The smallest absolute Gasteiger partial charge is 0.221 e. The molecule has 1 amide bonds. The maximum Gasteiger partial charge on any atom is 0.221 e. The van der Waals surface area contributed by atoms with E-state index >= 15 is 0 Å². The number of amides is 1. The number of ether oxygens (including phenoxy) is 1. The van der Waals surface area contributed by atoms with Crippen LogP contribution in [0.1, 0.15) is 25.7 Å². The minimum absolute atomic E-state index is 0.103. The zero-order valence-corrected chi connectivity index (χ0v) is 9.55. The van der Waals surface area contributed by atoms with Gasteiger partial charge in [0, 0.05) is 26.6 Å². The maximum absolute atomic E-state index is 11.2. The molecule has 0 aromatic rings. The first-order chi connectivity index (χ1) is 7.33. The molecule has 0 radical (unpaired) electrons. The third-order valence-corrected chi connectivity index (χ3v) is 2.58. The van der Waals surface area contributed by atoms with Crippen molar-refractivity contribution in [2.45, 2.75) is 25.7 Å². The van der Waals surface area contributed by atoms with Crippen LogP contribution in [0.15, 0.2) is 0 Å². The molecule has 2 N–H and O–H groups in total. The molecule has 88 valence electrons. The van der Waals surface area contributed by atoms with Crippen molar-refractivity contribution in [2.24, 2.45) is 5.92 Å².